The van der Waals surface area contributed by atoms with E-state index in [2.05, 4.69) is 15.6 Å². The number of benzene rings is 1. The smallest absolute Gasteiger partial charge is 0.270 e. The molecular formula is C17H24ClN3O2S. The quantitative estimate of drug-likeness (QED) is 0.700. The van der Waals surface area contributed by atoms with Crippen molar-refractivity contribution in [2.24, 2.45) is 0 Å². The van der Waals surface area contributed by atoms with Crippen molar-refractivity contribution in [2.45, 2.75) is 26.4 Å². The summed E-state index contributed by atoms with van der Waals surface area (Å²) < 4.78 is 5.63. The first-order valence-corrected chi connectivity index (χ1v) is 8.63. The van der Waals surface area contributed by atoms with Crippen molar-refractivity contribution >= 4 is 29.7 Å². The number of nitrogens with zero attached hydrogens (tertiary/aromatic N) is 1. The molecule has 0 atom stereocenters. The van der Waals surface area contributed by atoms with Crippen molar-refractivity contribution in [1.29, 1.82) is 0 Å². The molecular weight excluding hydrogens is 346 g/mol. The molecule has 0 radical (unpaired) electrons. The minimum atomic E-state index is -0.122. The van der Waals surface area contributed by atoms with E-state index in [9.17, 15) is 4.79 Å². The number of hydrogen-bond donors (Lipinski definition) is 2. The van der Waals surface area contributed by atoms with Crippen molar-refractivity contribution in [3.8, 4) is 16.3 Å². The molecule has 0 unspecified atom stereocenters. The maximum atomic E-state index is 12.0. The number of carbonyl (C=O) groups excluding carboxylic acids is 1. The summed E-state index contributed by atoms with van der Waals surface area (Å²) in [6.45, 7) is 5.52. The van der Waals surface area contributed by atoms with Crippen LogP contribution in [0, 0.1) is 0 Å². The fraction of sp³-hybridized carbons (Fsp3) is 0.412. The molecule has 2 rings (SSSR count). The predicted molar refractivity (Wildman–Crippen MR) is 101 cm³/mol. The lowest BCUT2D eigenvalue weighted by Gasteiger charge is -2.09. The molecule has 24 heavy (non-hydrogen) atoms. The van der Waals surface area contributed by atoms with Gasteiger partial charge in [-0.15, -0.1) is 23.7 Å². The minimum absolute atomic E-state index is 0. The molecule has 1 amide bonds. The van der Waals surface area contributed by atoms with E-state index >= 15 is 0 Å². The van der Waals surface area contributed by atoms with Crippen molar-refractivity contribution in [3.05, 3.63) is 35.3 Å². The van der Waals surface area contributed by atoms with Crippen LogP contribution < -0.4 is 15.4 Å². The summed E-state index contributed by atoms with van der Waals surface area (Å²) >= 11 is 1.47. The molecule has 0 aliphatic carbocycles. The van der Waals surface area contributed by atoms with Gasteiger partial charge in [0, 0.05) is 17.5 Å². The number of aromatic nitrogens is 1. The zero-order valence-corrected chi connectivity index (χ0v) is 15.8. The molecule has 0 aliphatic heterocycles. The Hall–Kier alpha value is -1.63. The molecule has 2 N–H and O–H groups in total. The average molecular weight is 370 g/mol. The number of carbonyl (C=O) groups is 1. The maximum absolute atomic E-state index is 12.0. The van der Waals surface area contributed by atoms with Gasteiger partial charge >= 0.3 is 0 Å². The molecule has 1 heterocycles. The molecule has 0 saturated heterocycles. The molecule has 0 fully saturated rings. The highest BCUT2D eigenvalue weighted by Gasteiger charge is 2.11. The monoisotopic (exact) mass is 369 g/mol. The molecule has 0 bridgehead atoms. The van der Waals surface area contributed by atoms with Gasteiger partial charge < -0.3 is 15.4 Å². The van der Waals surface area contributed by atoms with Gasteiger partial charge in [-0.25, -0.2) is 4.98 Å². The molecule has 7 heteroatoms. The summed E-state index contributed by atoms with van der Waals surface area (Å²) in [6.07, 6.45) is 1.05. The Morgan fingerprint density at radius 1 is 1.25 bits per heavy atom. The molecule has 1 aromatic carbocycles. The third-order valence-corrected chi connectivity index (χ3v) is 3.99. The number of amides is 1. The van der Waals surface area contributed by atoms with Crippen LogP contribution >= 0.6 is 23.7 Å². The number of rotatable bonds is 8. The Kier molecular flexibility index (Phi) is 8.74. The Labute approximate surface area is 153 Å². The van der Waals surface area contributed by atoms with Crippen LogP contribution in [0.4, 0.5) is 0 Å². The number of hydrogen-bond acceptors (Lipinski definition) is 5. The first-order chi connectivity index (χ1) is 11.1. The SMILES string of the molecule is CNCCCNC(=O)c1csc(-c2ccc(OC(C)C)cc2)n1.Cl. The summed E-state index contributed by atoms with van der Waals surface area (Å²) in [5.74, 6) is 0.714. The van der Waals surface area contributed by atoms with E-state index in [0.29, 0.717) is 12.2 Å². The number of halogens is 1. The van der Waals surface area contributed by atoms with Gasteiger partial charge in [-0.05, 0) is 58.1 Å². The Balaban J connectivity index is 0.00000288. The van der Waals surface area contributed by atoms with Crippen LogP contribution in [0.2, 0.25) is 0 Å². The van der Waals surface area contributed by atoms with Gasteiger partial charge in [-0.2, -0.15) is 0 Å². The Bertz CT molecular complexity index is 629. The molecule has 0 spiro atoms. The molecule has 2 aromatic rings. The van der Waals surface area contributed by atoms with Gasteiger partial charge in [0.15, 0.2) is 0 Å². The first-order valence-electron chi connectivity index (χ1n) is 7.75. The van der Waals surface area contributed by atoms with Crippen LogP contribution in [0.5, 0.6) is 5.75 Å². The second-order valence-electron chi connectivity index (χ2n) is 5.44. The van der Waals surface area contributed by atoms with E-state index in [1.165, 1.54) is 11.3 Å². The highest BCUT2D eigenvalue weighted by Crippen LogP contribution is 2.26. The zero-order valence-electron chi connectivity index (χ0n) is 14.2. The maximum Gasteiger partial charge on any atom is 0.270 e. The van der Waals surface area contributed by atoms with Crippen LogP contribution in [0.3, 0.4) is 0 Å². The highest BCUT2D eigenvalue weighted by molar-refractivity contribution is 7.13. The molecule has 5 nitrogen and oxygen atoms in total. The van der Waals surface area contributed by atoms with Crippen LogP contribution in [-0.4, -0.2) is 37.1 Å². The Morgan fingerprint density at radius 3 is 2.58 bits per heavy atom. The lowest BCUT2D eigenvalue weighted by atomic mass is 10.2. The topological polar surface area (TPSA) is 63.2 Å². The van der Waals surface area contributed by atoms with E-state index in [4.69, 9.17) is 4.74 Å². The molecule has 0 saturated carbocycles. The molecule has 132 valence electrons. The second-order valence-corrected chi connectivity index (χ2v) is 6.30. The van der Waals surface area contributed by atoms with Crippen LogP contribution in [0.1, 0.15) is 30.8 Å². The normalized spacial score (nSPS) is 10.3. The van der Waals surface area contributed by atoms with E-state index in [-0.39, 0.29) is 24.4 Å². The standard InChI is InChI=1S/C17H23N3O2S.ClH/c1-12(2)22-14-7-5-13(6-8-14)17-20-15(11-23-17)16(21)19-10-4-9-18-3;/h5-8,11-12,18H,4,9-10H2,1-3H3,(H,19,21);1H. The lowest BCUT2D eigenvalue weighted by molar-refractivity contribution is 0.0949. The second kappa shape index (κ2) is 10.3. The predicted octanol–water partition coefficient (Wildman–Crippen LogP) is 3.36. The summed E-state index contributed by atoms with van der Waals surface area (Å²) in [7, 11) is 1.89. The van der Waals surface area contributed by atoms with Crippen LogP contribution in [-0.2, 0) is 0 Å². The third kappa shape index (κ3) is 6.11. The van der Waals surface area contributed by atoms with E-state index in [1.54, 1.807) is 5.38 Å². The summed E-state index contributed by atoms with van der Waals surface area (Å²) in [5, 5.41) is 8.55. The fourth-order valence-corrected chi connectivity index (χ4v) is 2.82. The Morgan fingerprint density at radius 2 is 1.96 bits per heavy atom. The van der Waals surface area contributed by atoms with Gasteiger partial charge in [-0.3, -0.25) is 4.79 Å². The minimum Gasteiger partial charge on any atom is -0.491 e. The number of thiazole rings is 1. The van der Waals surface area contributed by atoms with E-state index in [1.807, 2.05) is 45.2 Å². The fourth-order valence-electron chi connectivity index (χ4n) is 2.02. The van der Waals surface area contributed by atoms with Gasteiger partial charge in [0.1, 0.15) is 16.5 Å². The summed E-state index contributed by atoms with van der Waals surface area (Å²) in [5.41, 5.74) is 1.46. The molecule has 1 aromatic heterocycles. The molecule has 0 aliphatic rings. The van der Waals surface area contributed by atoms with E-state index < -0.39 is 0 Å². The average Bonchev–Trinajstić information content (AvgIpc) is 3.01. The number of nitrogens with one attached hydrogen (secondary N) is 2. The van der Waals surface area contributed by atoms with Gasteiger partial charge in [-0.1, -0.05) is 0 Å². The van der Waals surface area contributed by atoms with Crippen molar-refractivity contribution in [2.75, 3.05) is 20.1 Å². The van der Waals surface area contributed by atoms with Crippen molar-refractivity contribution in [3.63, 3.8) is 0 Å². The lowest BCUT2D eigenvalue weighted by Crippen LogP contribution is -2.26. The van der Waals surface area contributed by atoms with Crippen molar-refractivity contribution < 1.29 is 9.53 Å². The zero-order chi connectivity index (χ0) is 16.7. The van der Waals surface area contributed by atoms with Crippen molar-refractivity contribution in [1.82, 2.24) is 15.6 Å². The van der Waals surface area contributed by atoms with E-state index in [0.717, 1.165) is 29.3 Å². The highest BCUT2D eigenvalue weighted by atomic mass is 35.5. The third-order valence-electron chi connectivity index (χ3n) is 3.10. The van der Waals surface area contributed by atoms with Crippen LogP contribution in [0.15, 0.2) is 29.6 Å². The first kappa shape index (κ1) is 20.4. The summed E-state index contributed by atoms with van der Waals surface area (Å²) in [4.78, 5) is 16.4. The summed E-state index contributed by atoms with van der Waals surface area (Å²) in [6, 6.07) is 7.78. The number of ether oxygens (including phenoxy) is 1. The van der Waals surface area contributed by atoms with Gasteiger partial charge in [0.25, 0.3) is 5.91 Å². The van der Waals surface area contributed by atoms with Gasteiger partial charge in [0.05, 0.1) is 6.10 Å². The van der Waals surface area contributed by atoms with Gasteiger partial charge in [0.2, 0.25) is 0 Å². The van der Waals surface area contributed by atoms with Crippen LogP contribution in [0.25, 0.3) is 10.6 Å². The largest absolute Gasteiger partial charge is 0.491 e.